The molecule has 10 heteroatoms. The van der Waals surface area contributed by atoms with Gasteiger partial charge in [0, 0.05) is 30.8 Å². The van der Waals surface area contributed by atoms with Crippen molar-refractivity contribution < 1.29 is 19.2 Å². The lowest BCUT2D eigenvalue weighted by atomic mass is 10.1. The van der Waals surface area contributed by atoms with E-state index in [1.54, 1.807) is 30.3 Å². The van der Waals surface area contributed by atoms with E-state index in [2.05, 4.69) is 10.4 Å². The Balaban J connectivity index is 1.35. The van der Waals surface area contributed by atoms with E-state index in [1.807, 2.05) is 23.6 Å². The van der Waals surface area contributed by atoms with Gasteiger partial charge in [-0.2, -0.15) is 5.10 Å². The van der Waals surface area contributed by atoms with E-state index in [4.69, 9.17) is 0 Å². The van der Waals surface area contributed by atoms with E-state index in [0.717, 1.165) is 21.5 Å². The molecular formula is C21H18N4O4S2. The van der Waals surface area contributed by atoms with Crippen LogP contribution < -0.4 is 10.3 Å². The van der Waals surface area contributed by atoms with Crippen LogP contribution in [0, 0.1) is 0 Å². The van der Waals surface area contributed by atoms with Crippen LogP contribution in [0.15, 0.2) is 57.9 Å². The summed E-state index contributed by atoms with van der Waals surface area (Å²) in [6.45, 7) is 0.161. The standard InChI is InChI=1S/C21H18N4O4S2/c26-18-9-8-16(23-25(18)14-5-2-1-3-6-14)19(27)22-10-11-24-20(28)17(31-21(24)29)13-15-7-4-12-30-15/h1-7,12-13H,8-11H2,(H,22,27)/b17-13+. The van der Waals surface area contributed by atoms with Gasteiger partial charge in [-0.1, -0.05) is 24.3 Å². The maximum atomic E-state index is 12.5. The van der Waals surface area contributed by atoms with Gasteiger partial charge >= 0.3 is 0 Å². The van der Waals surface area contributed by atoms with E-state index >= 15 is 0 Å². The number of benzene rings is 1. The van der Waals surface area contributed by atoms with Gasteiger partial charge in [0.25, 0.3) is 17.1 Å². The van der Waals surface area contributed by atoms with Crippen molar-refractivity contribution in [2.45, 2.75) is 12.8 Å². The fraction of sp³-hybridized carbons (Fsp3) is 0.190. The molecule has 0 bridgehead atoms. The number of thiophene rings is 1. The molecule has 1 fully saturated rings. The van der Waals surface area contributed by atoms with Gasteiger partial charge < -0.3 is 5.32 Å². The van der Waals surface area contributed by atoms with E-state index < -0.39 is 5.91 Å². The van der Waals surface area contributed by atoms with Crippen LogP contribution in [0.4, 0.5) is 10.5 Å². The Morgan fingerprint density at radius 3 is 2.65 bits per heavy atom. The van der Waals surface area contributed by atoms with Crippen LogP contribution >= 0.6 is 23.1 Å². The van der Waals surface area contributed by atoms with Crippen LogP contribution in [0.3, 0.4) is 0 Å². The first-order valence-electron chi connectivity index (χ1n) is 9.55. The third-order valence-corrected chi connectivity index (χ3v) is 6.33. The SMILES string of the molecule is O=C(NCCN1C(=O)S/C(=C/c2cccs2)C1=O)C1=NN(c2ccccc2)C(=O)CC1. The van der Waals surface area contributed by atoms with Crippen LogP contribution in [0.2, 0.25) is 0 Å². The molecule has 2 aliphatic rings. The van der Waals surface area contributed by atoms with Crippen molar-refractivity contribution >= 4 is 63.5 Å². The Bertz CT molecular complexity index is 1080. The third-order valence-electron chi connectivity index (χ3n) is 4.61. The minimum absolute atomic E-state index is 0.0623. The molecule has 0 radical (unpaired) electrons. The number of carbonyl (C=O) groups is 4. The molecule has 0 unspecified atom stereocenters. The number of rotatable bonds is 6. The first-order chi connectivity index (χ1) is 15.0. The first-order valence-corrected chi connectivity index (χ1v) is 11.2. The zero-order valence-electron chi connectivity index (χ0n) is 16.3. The molecule has 158 valence electrons. The van der Waals surface area contributed by atoms with Crippen molar-refractivity contribution in [1.82, 2.24) is 10.2 Å². The highest BCUT2D eigenvalue weighted by Crippen LogP contribution is 2.32. The number of imide groups is 1. The Hall–Kier alpha value is -3.24. The molecule has 4 rings (SSSR count). The quantitative estimate of drug-likeness (QED) is 0.677. The Morgan fingerprint density at radius 2 is 1.90 bits per heavy atom. The van der Waals surface area contributed by atoms with Crippen LogP contribution in [-0.4, -0.2) is 46.7 Å². The number of carbonyl (C=O) groups excluding carboxylic acids is 4. The molecule has 3 heterocycles. The fourth-order valence-electron chi connectivity index (χ4n) is 3.07. The van der Waals surface area contributed by atoms with E-state index in [0.29, 0.717) is 10.6 Å². The molecule has 2 aliphatic heterocycles. The summed E-state index contributed by atoms with van der Waals surface area (Å²) in [5.41, 5.74) is 0.822. The van der Waals surface area contributed by atoms with Gasteiger partial charge in [0.05, 0.1) is 10.6 Å². The fourth-order valence-corrected chi connectivity index (χ4v) is 4.65. The zero-order valence-corrected chi connectivity index (χ0v) is 17.9. The average Bonchev–Trinajstić information content (AvgIpc) is 3.38. The number of para-hydroxylation sites is 1. The summed E-state index contributed by atoms with van der Waals surface area (Å²) in [4.78, 5) is 51.7. The van der Waals surface area contributed by atoms with Gasteiger partial charge in [-0.15, -0.1) is 11.3 Å². The largest absolute Gasteiger partial charge is 0.349 e. The van der Waals surface area contributed by atoms with Crippen LogP contribution in [0.25, 0.3) is 6.08 Å². The van der Waals surface area contributed by atoms with Crippen molar-refractivity contribution in [1.29, 1.82) is 0 Å². The average molecular weight is 455 g/mol. The lowest BCUT2D eigenvalue weighted by molar-refractivity contribution is -0.123. The van der Waals surface area contributed by atoms with Crippen molar-refractivity contribution in [2.24, 2.45) is 5.10 Å². The van der Waals surface area contributed by atoms with E-state index in [-0.39, 0.29) is 48.7 Å². The van der Waals surface area contributed by atoms with Gasteiger partial charge in [0.1, 0.15) is 5.71 Å². The molecule has 0 spiro atoms. The molecule has 1 aromatic heterocycles. The lowest BCUT2D eigenvalue weighted by Gasteiger charge is -2.23. The Morgan fingerprint density at radius 1 is 1.10 bits per heavy atom. The van der Waals surface area contributed by atoms with Gasteiger partial charge in [-0.05, 0) is 41.4 Å². The molecule has 1 saturated heterocycles. The first kappa shape index (κ1) is 21.0. The van der Waals surface area contributed by atoms with Gasteiger partial charge in [0.2, 0.25) is 5.91 Å². The summed E-state index contributed by atoms with van der Waals surface area (Å²) in [6.07, 6.45) is 2.11. The zero-order chi connectivity index (χ0) is 21.8. The molecule has 1 aromatic carbocycles. The summed E-state index contributed by atoms with van der Waals surface area (Å²) < 4.78 is 0. The molecule has 4 amide bonds. The number of hydrogen-bond acceptors (Lipinski definition) is 7. The predicted octanol–water partition coefficient (Wildman–Crippen LogP) is 3.08. The molecule has 0 atom stereocenters. The summed E-state index contributed by atoms with van der Waals surface area (Å²) >= 11 is 2.37. The van der Waals surface area contributed by atoms with Gasteiger partial charge in [-0.25, -0.2) is 5.01 Å². The molecule has 31 heavy (non-hydrogen) atoms. The number of nitrogens with zero attached hydrogens (tertiary/aromatic N) is 3. The summed E-state index contributed by atoms with van der Waals surface area (Å²) in [5, 5.41) is 9.64. The topological polar surface area (TPSA) is 99.2 Å². The molecule has 2 aromatic rings. The summed E-state index contributed by atoms with van der Waals surface area (Å²) in [6, 6.07) is 12.6. The highest BCUT2D eigenvalue weighted by molar-refractivity contribution is 8.18. The number of nitrogens with one attached hydrogen (secondary N) is 1. The molecule has 8 nitrogen and oxygen atoms in total. The Labute approximate surface area is 186 Å². The number of hydrazone groups is 1. The summed E-state index contributed by atoms with van der Waals surface area (Å²) in [5.74, 6) is -0.971. The Kier molecular flexibility index (Phi) is 6.28. The second kappa shape index (κ2) is 9.27. The van der Waals surface area contributed by atoms with Crippen LogP contribution in [-0.2, 0) is 14.4 Å². The van der Waals surface area contributed by atoms with Gasteiger partial charge in [0.15, 0.2) is 0 Å². The maximum absolute atomic E-state index is 12.5. The number of amides is 4. The molecule has 0 saturated carbocycles. The predicted molar refractivity (Wildman–Crippen MR) is 121 cm³/mol. The minimum atomic E-state index is -0.422. The lowest BCUT2D eigenvalue weighted by Crippen LogP contribution is -2.42. The van der Waals surface area contributed by atoms with Crippen LogP contribution in [0.5, 0.6) is 0 Å². The van der Waals surface area contributed by atoms with Crippen molar-refractivity contribution in [3.8, 4) is 0 Å². The van der Waals surface area contributed by atoms with E-state index in [1.165, 1.54) is 16.3 Å². The van der Waals surface area contributed by atoms with Crippen molar-refractivity contribution in [3.63, 3.8) is 0 Å². The third kappa shape index (κ3) is 4.75. The number of anilines is 1. The molecular weight excluding hydrogens is 436 g/mol. The monoisotopic (exact) mass is 454 g/mol. The van der Waals surface area contributed by atoms with Crippen molar-refractivity contribution in [3.05, 3.63) is 57.6 Å². The van der Waals surface area contributed by atoms with Crippen molar-refractivity contribution in [2.75, 3.05) is 18.1 Å². The number of thioether (sulfide) groups is 1. The molecule has 0 aliphatic carbocycles. The second-order valence-corrected chi connectivity index (χ2v) is 8.66. The minimum Gasteiger partial charge on any atom is -0.349 e. The highest BCUT2D eigenvalue weighted by Gasteiger charge is 2.35. The molecule has 1 N–H and O–H groups in total. The van der Waals surface area contributed by atoms with Crippen LogP contribution in [0.1, 0.15) is 17.7 Å². The maximum Gasteiger partial charge on any atom is 0.293 e. The normalized spacial score (nSPS) is 18.0. The second-order valence-electron chi connectivity index (χ2n) is 6.69. The van der Waals surface area contributed by atoms with E-state index in [9.17, 15) is 19.2 Å². The number of hydrogen-bond donors (Lipinski definition) is 1. The highest BCUT2D eigenvalue weighted by atomic mass is 32.2. The van der Waals surface area contributed by atoms with Gasteiger partial charge in [-0.3, -0.25) is 24.1 Å². The summed E-state index contributed by atoms with van der Waals surface area (Å²) in [7, 11) is 0. The smallest absolute Gasteiger partial charge is 0.293 e.